The Bertz CT molecular complexity index is 839. The van der Waals surface area contributed by atoms with Gasteiger partial charge in [-0.05, 0) is 36.8 Å². The molecule has 0 aliphatic carbocycles. The summed E-state index contributed by atoms with van der Waals surface area (Å²) in [6.07, 6.45) is 0.961. The number of rotatable bonds is 5. The van der Waals surface area contributed by atoms with E-state index in [0.717, 1.165) is 24.0 Å². The van der Waals surface area contributed by atoms with Crippen molar-refractivity contribution in [2.75, 3.05) is 12.4 Å². The Hall–Kier alpha value is -2.82. The number of ether oxygens (including phenoxy) is 1. The number of nitrogens with one attached hydrogen (secondary N) is 1. The van der Waals surface area contributed by atoms with Gasteiger partial charge in [0.2, 0.25) is 5.95 Å². The molecule has 3 rings (SSSR count). The van der Waals surface area contributed by atoms with E-state index in [2.05, 4.69) is 17.2 Å². The molecular formula is C18H19N3O2. The van der Waals surface area contributed by atoms with Crippen LogP contribution >= 0.6 is 0 Å². The van der Waals surface area contributed by atoms with Crippen LogP contribution in [0.25, 0.3) is 11.0 Å². The molecule has 0 saturated carbocycles. The SMILES string of the molecule is CCCn1c(NC(=O)c2cccc(OC)c2)nc2ccccc21. The Morgan fingerprint density at radius 2 is 2.04 bits per heavy atom. The second kappa shape index (κ2) is 6.52. The summed E-state index contributed by atoms with van der Waals surface area (Å²) >= 11 is 0. The van der Waals surface area contributed by atoms with Crippen LogP contribution in [0.3, 0.4) is 0 Å². The van der Waals surface area contributed by atoms with E-state index in [1.807, 2.05) is 34.9 Å². The number of amides is 1. The number of methoxy groups -OCH3 is 1. The van der Waals surface area contributed by atoms with Crippen molar-refractivity contribution in [3.63, 3.8) is 0 Å². The predicted molar refractivity (Wildman–Crippen MR) is 91.0 cm³/mol. The van der Waals surface area contributed by atoms with Crippen molar-refractivity contribution in [2.45, 2.75) is 19.9 Å². The molecule has 1 aromatic heterocycles. The molecule has 0 unspecified atom stereocenters. The van der Waals surface area contributed by atoms with Crippen molar-refractivity contribution >= 4 is 22.9 Å². The van der Waals surface area contributed by atoms with Crippen molar-refractivity contribution in [3.8, 4) is 5.75 Å². The molecule has 5 nitrogen and oxygen atoms in total. The van der Waals surface area contributed by atoms with Gasteiger partial charge in [-0.25, -0.2) is 4.98 Å². The highest BCUT2D eigenvalue weighted by atomic mass is 16.5. The van der Waals surface area contributed by atoms with Gasteiger partial charge < -0.3 is 9.30 Å². The van der Waals surface area contributed by atoms with Crippen LogP contribution < -0.4 is 10.1 Å². The third-order valence-corrected chi connectivity index (χ3v) is 3.66. The Morgan fingerprint density at radius 1 is 1.22 bits per heavy atom. The van der Waals surface area contributed by atoms with Gasteiger partial charge in [0.25, 0.3) is 5.91 Å². The van der Waals surface area contributed by atoms with Crippen LogP contribution in [0.5, 0.6) is 5.75 Å². The first-order valence-electron chi connectivity index (χ1n) is 7.63. The van der Waals surface area contributed by atoms with Gasteiger partial charge in [-0.1, -0.05) is 25.1 Å². The lowest BCUT2D eigenvalue weighted by molar-refractivity contribution is 0.102. The highest BCUT2D eigenvalue weighted by molar-refractivity contribution is 6.04. The highest BCUT2D eigenvalue weighted by Crippen LogP contribution is 2.21. The number of carbonyl (C=O) groups excluding carboxylic acids is 1. The first kappa shape index (κ1) is 15.1. The summed E-state index contributed by atoms with van der Waals surface area (Å²) in [4.78, 5) is 17.0. The van der Waals surface area contributed by atoms with E-state index in [1.165, 1.54) is 0 Å². The zero-order valence-electron chi connectivity index (χ0n) is 13.2. The van der Waals surface area contributed by atoms with E-state index in [4.69, 9.17) is 4.74 Å². The Labute approximate surface area is 134 Å². The maximum absolute atomic E-state index is 12.5. The van der Waals surface area contributed by atoms with Gasteiger partial charge >= 0.3 is 0 Å². The monoisotopic (exact) mass is 309 g/mol. The second-order valence-electron chi connectivity index (χ2n) is 5.26. The van der Waals surface area contributed by atoms with Crippen molar-refractivity contribution in [2.24, 2.45) is 0 Å². The van der Waals surface area contributed by atoms with Gasteiger partial charge in [-0.3, -0.25) is 10.1 Å². The Balaban J connectivity index is 1.93. The fourth-order valence-electron chi connectivity index (χ4n) is 2.56. The first-order valence-corrected chi connectivity index (χ1v) is 7.63. The fraction of sp³-hybridized carbons (Fsp3) is 0.222. The smallest absolute Gasteiger partial charge is 0.258 e. The number of hydrogen-bond acceptors (Lipinski definition) is 3. The number of fused-ring (bicyclic) bond motifs is 1. The van der Waals surface area contributed by atoms with Crippen molar-refractivity contribution in [1.29, 1.82) is 0 Å². The van der Waals surface area contributed by atoms with Crippen LogP contribution in [-0.2, 0) is 6.54 Å². The number of aryl methyl sites for hydroxylation is 1. The normalized spacial score (nSPS) is 10.7. The Kier molecular flexibility index (Phi) is 4.28. The minimum Gasteiger partial charge on any atom is -0.497 e. The van der Waals surface area contributed by atoms with Crippen LogP contribution in [0.1, 0.15) is 23.7 Å². The summed E-state index contributed by atoms with van der Waals surface area (Å²) in [6, 6.07) is 14.9. The Morgan fingerprint density at radius 3 is 2.83 bits per heavy atom. The van der Waals surface area contributed by atoms with Gasteiger partial charge in [0.1, 0.15) is 5.75 Å². The minimum atomic E-state index is -0.198. The van der Waals surface area contributed by atoms with Crippen LogP contribution in [0.2, 0.25) is 0 Å². The van der Waals surface area contributed by atoms with Gasteiger partial charge in [-0.2, -0.15) is 0 Å². The van der Waals surface area contributed by atoms with Gasteiger partial charge in [-0.15, -0.1) is 0 Å². The van der Waals surface area contributed by atoms with Crippen LogP contribution in [0.15, 0.2) is 48.5 Å². The molecule has 1 N–H and O–H groups in total. The van der Waals surface area contributed by atoms with Gasteiger partial charge in [0.05, 0.1) is 18.1 Å². The lowest BCUT2D eigenvalue weighted by atomic mass is 10.2. The summed E-state index contributed by atoms with van der Waals surface area (Å²) in [5, 5.41) is 2.91. The van der Waals surface area contributed by atoms with Crippen LogP contribution in [-0.4, -0.2) is 22.6 Å². The lowest BCUT2D eigenvalue weighted by Crippen LogP contribution is -2.16. The molecule has 3 aromatic rings. The van der Waals surface area contributed by atoms with E-state index in [-0.39, 0.29) is 5.91 Å². The summed E-state index contributed by atoms with van der Waals surface area (Å²) in [7, 11) is 1.58. The molecule has 0 aliphatic rings. The maximum Gasteiger partial charge on any atom is 0.258 e. The van der Waals surface area contributed by atoms with Crippen molar-refractivity contribution in [3.05, 3.63) is 54.1 Å². The molecule has 118 valence electrons. The predicted octanol–water partition coefficient (Wildman–Crippen LogP) is 3.71. The van der Waals surface area contributed by atoms with Gasteiger partial charge in [0, 0.05) is 12.1 Å². The van der Waals surface area contributed by atoms with E-state index < -0.39 is 0 Å². The number of anilines is 1. The summed E-state index contributed by atoms with van der Waals surface area (Å²) in [6.45, 7) is 2.90. The zero-order valence-corrected chi connectivity index (χ0v) is 13.2. The molecule has 0 fully saturated rings. The molecule has 0 bridgehead atoms. The van der Waals surface area contributed by atoms with Crippen LogP contribution in [0.4, 0.5) is 5.95 Å². The quantitative estimate of drug-likeness (QED) is 0.781. The molecule has 0 saturated heterocycles. The first-order chi connectivity index (χ1) is 11.2. The summed E-state index contributed by atoms with van der Waals surface area (Å²) < 4.78 is 7.20. The fourth-order valence-corrected chi connectivity index (χ4v) is 2.56. The van der Waals surface area contributed by atoms with E-state index in [0.29, 0.717) is 17.3 Å². The van der Waals surface area contributed by atoms with E-state index in [1.54, 1.807) is 25.3 Å². The number of nitrogens with zero attached hydrogens (tertiary/aromatic N) is 2. The second-order valence-corrected chi connectivity index (χ2v) is 5.26. The number of para-hydroxylation sites is 2. The molecule has 0 atom stereocenters. The van der Waals surface area contributed by atoms with Crippen molar-refractivity contribution < 1.29 is 9.53 Å². The zero-order chi connectivity index (χ0) is 16.2. The van der Waals surface area contributed by atoms with Crippen LogP contribution in [0, 0.1) is 0 Å². The molecule has 0 aliphatic heterocycles. The number of aromatic nitrogens is 2. The average molecular weight is 309 g/mol. The molecule has 1 amide bonds. The molecular weight excluding hydrogens is 290 g/mol. The van der Waals surface area contributed by atoms with E-state index >= 15 is 0 Å². The third kappa shape index (κ3) is 3.04. The maximum atomic E-state index is 12.5. The standard InChI is InChI=1S/C18H19N3O2/c1-3-11-21-16-10-5-4-9-15(16)19-18(21)20-17(22)13-7-6-8-14(12-13)23-2/h4-10,12H,3,11H2,1-2H3,(H,19,20,22). The number of benzene rings is 2. The molecule has 23 heavy (non-hydrogen) atoms. The summed E-state index contributed by atoms with van der Waals surface area (Å²) in [5.41, 5.74) is 2.44. The third-order valence-electron chi connectivity index (χ3n) is 3.66. The molecule has 5 heteroatoms. The lowest BCUT2D eigenvalue weighted by Gasteiger charge is -2.09. The average Bonchev–Trinajstić information content (AvgIpc) is 2.93. The minimum absolute atomic E-state index is 0.198. The molecule has 2 aromatic carbocycles. The molecule has 0 radical (unpaired) electrons. The van der Waals surface area contributed by atoms with Gasteiger partial charge in [0.15, 0.2) is 0 Å². The summed E-state index contributed by atoms with van der Waals surface area (Å²) in [5.74, 6) is 1.03. The molecule has 1 heterocycles. The largest absolute Gasteiger partial charge is 0.497 e. The highest BCUT2D eigenvalue weighted by Gasteiger charge is 2.14. The number of carbonyl (C=O) groups is 1. The topological polar surface area (TPSA) is 56.2 Å². The van der Waals surface area contributed by atoms with Crippen molar-refractivity contribution in [1.82, 2.24) is 9.55 Å². The number of hydrogen-bond donors (Lipinski definition) is 1. The number of imidazole rings is 1. The molecule has 0 spiro atoms. The van der Waals surface area contributed by atoms with E-state index in [9.17, 15) is 4.79 Å².